The molecule has 2 aromatic carbocycles. The maximum absolute atomic E-state index is 14.0. The zero-order valence-electron chi connectivity index (χ0n) is 15.9. The Bertz CT molecular complexity index is 1180. The van der Waals surface area contributed by atoms with Crippen molar-refractivity contribution in [1.82, 2.24) is 14.8 Å². The topological polar surface area (TPSA) is 59.8 Å². The summed E-state index contributed by atoms with van der Waals surface area (Å²) in [4.78, 5) is 17.4. The van der Waals surface area contributed by atoms with Gasteiger partial charge in [0.1, 0.15) is 11.9 Å². The van der Waals surface area contributed by atoms with E-state index < -0.39 is 6.04 Å². The summed E-state index contributed by atoms with van der Waals surface area (Å²) >= 11 is 7.86. The van der Waals surface area contributed by atoms with Crippen LogP contribution in [0.1, 0.15) is 36.4 Å². The predicted octanol–water partition coefficient (Wildman–Crippen LogP) is 5.38. The number of thioether (sulfide) groups is 1. The number of hydrogen-bond donors (Lipinski definition) is 1. The average Bonchev–Trinajstić information content (AvgIpc) is 3.15. The summed E-state index contributed by atoms with van der Waals surface area (Å²) in [6.45, 7) is 0. The van der Waals surface area contributed by atoms with Crippen molar-refractivity contribution in [3.8, 4) is 0 Å². The van der Waals surface area contributed by atoms with E-state index in [9.17, 15) is 9.18 Å². The molecule has 5 nitrogen and oxygen atoms in total. The van der Waals surface area contributed by atoms with Gasteiger partial charge in [0.2, 0.25) is 11.1 Å². The fourth-order valence-electron chi connectivity index (χ4n) is 3.94. The first-order valence-corrected chi connectivity index (χ1v) is 11.1. The van der Waals surface area contributed by atoms with Crippen LogP contribution in [0.25, 0.3) is 0 Å². The molecule has 0 spiro atoms. The van der Waals surface area contributed by atoms with Crippen LogP contribution in [0, 0.1) is 5.82 Å². The third-order valence-corrected chi connectivity index (χ3v) is 6.59. The summed E-state index contributed by atoms with van der Waals surface area (Å²) in [7, 11) is 0. The molecule has 1 N–H and O–H groups in total. The highest BCUT2D eigenvalue weighted by Gasteiger charge is 2.37. The maximum atomic E-state index is 14.0. The van der Waals surface area contributed by atoms with Crippen molar-refractivity contribution >= 4 is 35.1 Å². The molecule has 30 heavy (non-hydrogen) atoms. The second kappa shape index (κ2) is 7.89. The number of halogens is 2. The minimum absolute atomic E-state index is 0.107. The zero-order chi connectivity index (χ0) is 20.7. The van der Waals surface area contributed by atoms with Gasteiger partial charge in [-0.25, -0.2) is 9.07 Å². The molecule has 8 heteroatoms. The van der Waals surface area contributed by atoms with Gasteiger partial charge in [0.05, 0.1) is 0 Å². The standard InChI is InChI=1S/C22H18ClFN4OS/c23-15-8-3-2-7-14(15)20-19-17(10-5-11-18(19)29)25-21-26-22(27-28(20)21)30-12-13-6-1-4-9-16(13)24/h1-4,6-9,20H,5,10-12H2,(H,25,26,27)/t20-/m0/s1. The quantitative estimate of drug-likeness (QED) is 0.551. The molecule has 0 bridgehead atoms. The molecule has 2 heterocycles. The first-order chi connectivity index (χ1) is 14.6. The van der Waals surface area contributed by atoms with Gasteiger partial charge in [-0.2, -0.15) is 4.98 Å². The van der Waals surface area contributed by atoms with Crippen LogP contribution in [0.3, 0.4) is 0 Å². The van der Waals surface area contributed by atoms with E-state index in [4.69, 9.17) is 11.6 Å². The van der Waals surface area contributed by atoms with Crippen LogP contribution in [-0.2, 0) is 10.5 Å². The van der Waals surface area contributed by atoms with E-state index in [0.717, 1.165) is 24.1 Å². The zero-order valence-corrected chi connectivity index (χ0v) is 17.5. The molecule has 5 rings (SSSR count). The molecule has 1 aliphatic heterocycles. The van der Waals surface area contributed by atoms with E-state index in [0.29, 0.717) is 39.4 Å². The van der Waals surface area contributed by atoms with Gasteiger partial charge in [0.25, 0.3) is 0 Å². The molecular formula is C22H18ClFN4OS. The van der Waals surface area contributed by atoms with Gasteiger partial charge in [-0.1, -0.05) is 59.8 Å². The van der Waals surface area contributed by atoms with Crippen LogP contribution < -0.4 is 5.32 Å². The SMILES string of the molecule is O=C1CCCC2=C1[C@H](c1ccccc1Cl)n1nc(SCc3ccccc3F)nc1N2. The van der Waals surface area contributed by atoms with Crippen molar-refractivity contribution in [2.24, 2.45) is 0 Å². The Morgan fingerprint density at radius 3 is 2.80 bits per heavy atom. The lowest BCUT2D eigenvalue weighted by atomic mass is 9.85. The van der Waals surface area contributed by atoms with E-state index in [-0.39, 0.29) is 11.6 Å². The average molecular weight is 441 g/mol. The van der Waals surface area contributed by atoms with Crippen molar-refractivity contribution in [2.45, 2.75) is 36.2 Å². The summed E-state index contributed by atoms with van der Waals surface area (Å²) in [5, 5.41) is 9.05. The van der Waals surface area contributed by atoms with E-state index >= 15 is 0 Å². The van der Waals surface area contributed by atoms with Gasteiger partial charge < -0.3 is 5.32 Å². The number of anilines is 1. The Morgan fingerprint density at radius 1 is 1.17 bits per heavy atom. The molecule has 1 aliphatic carbocycles. The lowest BCUT2D eigenvalue weighted by Gasteiger charge is -2.32. The largest absolute Gasteiger partial charge is 0.328 e. The van der Waals surface area contributed by atoms with Crippen LogP contribution >= 0.6 is 23.4 Å². The number of allylic oxidation sites excluding steroid dienone is 2. The molecule has 0 radical (unpaired) electrons. The first kappa shape index (κ1) is 19.3. The Hall–Kier alpha value is -2.64. The molecule has 0 saturated heterocycles. The Labute approximate surface area is 182 Å². The van der Waals surface area contributed by atoms with Crippen LogP contribution in [-0.4, -0.2) is 20.5 Å². The van der Waals surface area contributed by atoms with Crippen LogP contribution in [0.4, 0.5) is 10.3 Å². The molecule has 1 aromatic heterocycles. The number of ketones is 1. The number of carbonyl (C=O) groups excluding carboxylic acids is 1. The second-order valence-corrected chi connectivity index (χ2v) is 8.61. The Balaban J connectivity index is 1.53. The van der Waals surface area contributed by atoms with Crippen LogP contribution in [0.2, 0.25) is 5.02 Å². The summed E-state index contributed by atoms with van der Waals surface area (Å²) < 4.78 is 15.7. The van der Waals surface area contributed by atoms with Crippen molar-refractivity contribution in [2.75, 3.05) is 5.32 Å². The van der Waals surface area contributed by atoms with Gasteiger partial charge in [-0.3, -0.25) is 4.79 Å². The minimum atomic E-state index is -0.423. The molecule has 2 aliphatic rings. The number of benzene rings is 2. The summed E-state index contributed by atoms with van der Waals surface area (Å²) in [6, 6.07) is 13.8. The third-order valence-electron chi connectivity index (χ3n) is 5.36. The Morgan fingerprint density at radius 2 is 1.97 bits per heavy atom. The molecule has 0 unspecified atom stereocenters. The summed E-state index contributed by atoms with van der Waals surface area (Å²) in [5.41, 5.74) is 3.01. The van der Waals surface area contributed by atoms with Crippen molar-refractivity contribution < 1.29 is 9.18 Å². The van der Waals surface area contributed by atoms with Crippen molar-refractivity contribution in [3.63, 3.8) is 0 Å². The van der Waals surface area contributed by atoms with E-state index in [1.54, 1.807) is 16.8 Å². The Kier molecular flexibility index (Phi) is 5.08. The summed E-state index contributed by atoms with van der Waals surface area (Å²) in [6.07, 6.45) is 2.11. The van der Waals surface area contributed by atoms with Crippen molar-refractivity contribution in [1.29, 1.82) is 0 Å². The number of aromatic nitrogens is 3. The fourth-order valence-corrected chi connectivity index (χ4v) is 4.99. The molecule has 0 saturated carbocycles. The highest BCUT2D eigenvalue weighted by atomic mass is 35.5. The maximum Gasteiger partial charge on any atom is 0.227 e. The van der Waals surface area contributed by atoms with Crippen molar-refractivity contribution in [3.05, 3.63) is 81.8 Å². The molecule has 0 amide bonds. The third kappa shape index (κ3) is 3.42. The van der Waals surface area contributed by atoms with Gasteiger partial charge >= 0.3 is 0 Å². The van der Waals surface area contributed by atoms with Crippen LogP contribution in [0.5, 0.6) is 0 Å². The number of hydrogen-bond acceptors (Lipinski definition) is 5. The van der Waals surface area contributed by atoms with Gasteiger partial charge in [-0.15, -0.1) is 5.10 Å². The van der Waals surface area contributed by atoms with E-state index in [2.05, 4.69) is 15.4 Å². The van der Waals surface area contributed by atoms with Gasteiger partial charge in [0.15, 0.2) is 5.78 Å². The van der Waals surface area contributed by atoms with E-state index in [1.807, 2.05) is 30.3 Å². The monoisotopic (exact) mass is 440 g/mol. The number of rotatable bonds is 4. The molecule has 3 aromatic rings. The lowest BCUT2D eigenvalue weighted by Crippen LogP contribution is -2.31. The lowest BCUT2D eigenvalue weighted by molar-refractivity contribution is -0.116. The highest BCUT2D eigenvalue weighted by molar-refractivity contribution is 7.98. The fraction of sp³-hybridized carbons (Fsp3) is 0.227. The van der Waals surface area contributed by atoms with Gasteiger partial charge in [-0.05, 0) is 30.5 Å². The van der Waals surface area contributed by atoms with E-state index in [1.165, 1.54) is 17.8 Å². The van der Waals surface area contributed by atoms with Gasteiger partial charge in [0, 0.05) is 34.0 Å². The first-order valence-electron chi connectivity index (χ1n) is 9.72. The minimum Gasteiger partial charge on any atom is -0.328 e. The normalized spacial score (nSPS) is 18.1. The number of nitrogens with one attached hydrogen (secondary N) is 1. The smallest absolute Gasteiger partial charge is 0.227 e. The molecule has 152 valence electrons. The number of carbonyl (C=O) groups is 1. The predicted molar refractivity (Wildman–Crippen MR) is 115 cm³/mol. The number of nitrogens with zero attached hydrogens (tertiary/aromatic N) is 3. The van der Waals surface area contributed by atoms with Crippen LogP contribution in [0.15, 0.2) is 65.0 Å². The molecular weight excluding hydrogens is 423 g/mol. The number of Topliss-reactive ketones (excluding diaryl/α,β-unsaturated/α-hetero) is 1. The number of fused-ring (bicyclic) bond motifs is 1. The highest BCUT2D eigenvalue weighted by Crippen LogP contribution is 2.42. The molecule has 1 atom stereocenters. The second-order valence-electron chi connectivity index (χ2n) is 7.26. The summed E-state index contributed by atoms with van der Waals surface area (Å²) in [5.74, 6) is 0.849. The molecule has 0 fully saturated rings.